The van der Waals surface area contributed by atoms with E-state index in [1.54, 1.807) is 32.2 Å². The zero-order valence-corrected chi connectivity index (χ0v) is 18.6. The molecule has 8 nitrogen and oxygen atoms in total. The van der Waals surface area contributed by atoms with Crippen LogP contribution in [0.4, 0.5) is 10.8 Å². The highest BCUT2D eigenvalue weighted by molar-refractivity contribution is 7.87. The van der Waals surface area contributed by atoms with E-state index in [4.69, 9.17) is 5.26 Å². The summed E-state index contributed by atoms with van der Waals surface area (Å²) in [6, 6.07) is 9.14. The van der Waals surface area contributed by atoms with Crippen LogP contribution in [0.5, 0.6) is 0 Å². The number of nitrogens with zero attached hydrogens (tertiary/aromatic N) is 4. The molecule has 1 saturated carbocycles. The molecule has 0 bridgehead atoms. The molecular formula is C21H20N6O2S2. The first-order valence-corrected chi connectivity index (χ1v) is 11.7. The summed E-state index contributed by atoms with van der Waals surface area (Å²) in [7, 11) is -1.12. The fourth-order valence-corrected chi connectivity index (χ4v) is 4.86. The average molecular weight is 453 g/mol. The summed E-state index contributed by atoms with van der Waals surface area (Å²) in [6.45, 7) is 3.60. The number of anilines is 2. The van der Waals surface area contributed by atoms with Gasteiger partial charge >= 0.3 is 0 Å². The number of nitrogens with one attached hydrogen (secondary N) is 2. The Morgan fingerprint density at radius 3 is 2.65 bits per heavy atom. The fourth-order valence-electron chi connectivity index (χ4n) is 2.75. The van der Waals surface area contributed by atoms with Crippen molar-refractivity contribution in [1.82, 2.24) is 15.0 Å². The van der Waals surface area contributed by atoms with Crippen molar-refractivity contribution < 1.29 is 9.00 Å². The molecule has 3 aromatic rings. The summed E-state index contributed by atoms with van der Waals surface area (Å²) in [5.41, 5.74) is 2.00. The first kappa shape index (κ1) is 21.1. The van der Waals surface area contributed by atoms with Crippen LogP contribution in [0, 0.1) is 11.3 Å². The van der Waals surface area contributed by atoms with Crippen molar-refractivity contribution in [3.63, 3.8) is 0 Å². The minimum absolute atomic E-state index is 0.202. The van der Waals surface area contributed by atoms with Crippen LogP contribution >= 0.6 is 11.3 Å². The molecular weight excluding hydrogens is 432 g/mol. The Bertz CT molecular complexity index is 1180. The van der Waals surface area contributed by atoms with Gasteiger partial charge in [-0.15, -0.1) is 11.3 Å². The number of carbonyl (C=O) groups excluding carboxylic acids is 1. The topological polar surface area (TPSA) is 121 Å². The van der Waals surface area contributed by atoms with Crippen LogP contribution < -0.4 is 10.0 Å². The third-order valence-electron chi connectivity index (χ3n) is 4.91. The second-order valence-electron chi connectivity index (χ2n) is 7.69. The summed E-state index contributed by atoms with van der Waals surface area (Å²) in [5.74, 6) is -0.202. The number of thiazole rings is 1. The van der Waals surface area contributed by atoms with Gasteiger partial charge in [-0.25, -0.2) is 14.2 Å². The summed E-state index contributed by atoms with van der Waals surface area (Å²) in [4.78, 5) is 25.7. The van der Waals surface area contributed by atoms with E-state index in [9.17, 15) is 9.00 Å². The molecule has 4 rings (SSSR count). The number of hydrogen-bond donors (Lipinski definition) is 2. The molecule has 1 amide bonds. The van der Waals surface area contributed by atoms with E-state index in [1.807, 2.05) is 23.6 Å². The maximum atomic E-state index is 12.9. The van der Waals surface area contributed by atoms with Gasteiger partial charge in [0.15, 0.2) is 10.8 Å². The molecule has 0 aliphatic heterocycles. The molecule has 2 heterocycles. The quantitative estimate of drug-likeness (QED) is 0.565. The van der Waals surface area contributed by atoms with Crippen molar-refractivity contribution in [1.29, 1.82) is 5.26 Å². The molecule has 1 unspecified atom stereocenters. The maximum Gasteiger partial charge on any atom is 0.236 e. The molecule has 1 aliphatic rings. The van der Waals surface area contributed by atoms with E-state index in [-0.39, 0.29) is 16.9 Å². The van der Waals surface area contributed by atoms with Gasteiger partial charge in [0.05, 0.1) is 34.4 Å². The first-order chi connectivity index (χ1) is 14.9. The molecule has 1 atom stereocenters. The Labute approximate surface area is 186 Å². The van der Waals surface area contributed by atoms with E-state index in [1.165, 1.54) is 17.5 Å². The molecule has 0 saturated heterocycles. The van der Waals surface area contributed by atoms with Crippen molar-refractivity contribution in [2.24, 2.45) is 0 Å². The molecule has 1 fully saturated rings. The summed E-state index contributed by atoms with van der Waals surface area (Å²) < 4.78 is 15.0. The van der Waals surface area contributed by atoms with Gasteiger partial charge < -0.3 is 5.32 Å². The Hall–Kier alpha value is -3.16. The van der Waals surface area contributed by atoms with Crippen molar-refractivity contribution in [3.8, 4) is 17.3 Å². The maximum absolute atomic E-state index is 12.9. The van der Waals surface area contributed by atoms with Gasteiger partial charge in [-0.1, -0.05) is 12.1 Å². The Kier molecular flexibility index (Phi) is 5.80. The van der Waals surface area contributed by atoms with Crippen LogP contribution in [0.15, 0.2) is 42.0 Å². The Morgan fingerprint density at radius 2 is 1.97 bits per heavy atom. The van der Waals surface area contributed by atoms with Crippen LogP contribution in [0.25, 0.3) is 11.3 Å². The molecule has 1 aliphatic carbocycles. The Balaban J connectivity index is 1.43. The minimum atomic E-state index is -1.12. The van der Waals surface area contributed by atoms with E-state index in [2.05, 4.69) is 25.0 Å². The normalized spacial score (nSPS) is 14.5. The lowest BCUT2D eigenvalue weighted by atomic mass is 9.89. The van der Waals surface area contributed by atoms with Gasteiger partial charge in [-0.05, 0) is 38.8 Å². The number of amides is 1. The van der Waals surface area contributed by atoms with Crippen molar-refractivity contribution in [3.05, 3.63) is 53.4 Å². The van der Waals surface area contributed by atoms with E-state index >= 15 is 0 Å². The molecule has 31 heavy (non-hydrogen) atoms. The lowest BCUT2D eigenvalue weighted by molar-refractivity contribution is -0.120. The van der Waals surface area contributed by atoms with E-state index in [0.29, 0.717) is 22.2 Å². The SMILES string of the molecule is CC(C)(C(=O)Nc1ccc(-c2cncc(C#N)n2)cc1)c1csc(NS(=O)C2CC2)n1. The van der Waals surface area contributed by atoms with Crippen LogP contribution in [0.2, 0.25) is 0 Å². The number of hydrogen-bond acceptors (Lipinski definition) is 7. The predicted octanol–water partition coefficient (Wildman–Crippen LogP) is 3.63. The van der Waals surface area contributed by atoms with Crippen molar-refractivity contribution in [2.75, 3.05) is 10.0 Å². The largest absolute Gasteiger partial charge is 0.325 e. The lowest BCUT2D eigenvalue weighted by Gasteiger charge is -2.21. The third-order valence-corrected chi connectivity index (χ3v) is 7.27. The molecule has 1 aromatic carbocycles. The van der Waals surface area contributed by atoms with Crippen molar-refractivity contribution >= 4 is 39.0 Å². The number of aromatic nitrogens is 3. The smallest absolute Gasteiger partial charge is 0.236 e. The van der Waals surface area contributed by atoms with E-state index < -0.39 is 16.4 Å². The lowest BCUT2D eigenvalue weighted by Crippen LogP contribution is -2.35. The van der Waals surface area contributed by atoms with Gasteiger partial charge in [0.25, 0.3) is 0 Å². The molecule has 2 aromatic heterocycles. The highest BCUT2D eigenvalue weighted by atomic mass is 32.2. The molecule has 2 N–H and O–H groups in total. The van der Waals surface area contributed by atoms with Gasteiger partial charge in [-0.3, -0.25) is 14.5 Å². The number of rotatable bonds is 7. The van der Waals surface area contributed by atoms with Gasteiger partial charge in [0, 0.05) is 16.6 Å². The first-order valence-electron chi connectivity index (χ1n) is 9.64. The minimum Gasteiger partial charge on any atom is -0.325 e. The van der Waals surface area contributed by atoms with Crippen LogP contribution in [-0.2, 0) is 21.2 Å². The van der Waals surface area contributed by atoms with Gasteiger partial charge in [0.1, 0.15) is 17.1 Å². The standard InChI is InChI=1S/C21H20N6O2S2/c1-21(2,18-12-30-20(26-18)27-31(29)16-7-8-16)19(28)25-14-5-3-13(4-6-14)17-11-23-10-15(9-22)24-17/h3-6,10-12,16H,7-8H2,1-2H3,(H,25,28)(H,26,27). The monoisotopic (exact) mass is 452 g/mol. The van der Waals surface area contributed by atoms with Gasteiger partial charge in [0.2, 0.25) is 5.91 Å². The predicted molar refractivity (Wildman–Crippen MR) is 121 cm³/mol. The number of nitriles is 1. The highest BCUT2D eigenvalue weighted by Gasteiger charge is 2.33. The molecule has 0 radical (unpaired) electrons. The molecule has 158 valence electrons. The summed E-state index contributed by atoms with van der Waals surface area (Å²) in [6.07, 6.45) is 4.94. The second-order valence-corrected chi connectivity index (χ2v) is 10.0. The van der Waals surface area contributed by atoms with Crippen LogP contribution in [0.1, 0.15) is 38.1 Å². The third kappa shape index (κ3) is 4.78. The summed E-state index contributed by atoms with van der Waals surface area (Å²) >= 11 is 1.35. The second kappa shape index (κ2) is 8.53. The number of carbonyl (C=O) groups is 1. The highest BCUT2D eigenvalue weighted by Crippen LogP contribution is 2.31. The summed E-state index contributed by atoms with van der Waals surface area (Å²) in [5, 5.41) is 14.5. The van der Waals surface area contributed by atoms with E-state index in [0.717, 1.165) is 18.4 Å². The zero-order chi connectivity index (χ0) is 22.0. The Morgan fingerprint density at radius 1 is 1.23 bits per heavy atom. The number of benzene rings is 1. The van der Waals surface area contributed by atoms with Gasteiger partial charge in [-0.2, -0.15) is 5.26 Å². The zero-order valence-electron chi connectivity index (χ0n) is 17.0. The van der Waals surface area contributed by atoms with Crippen LogP contribution in [-0.4, -0.2) is 30.3 Å². The van der Waals surface area contributed by atoms with Crippen LogP contribution in [0.3, 0.4) is 0 Å². The molecule has 0 spiro atoms. The van der Waals surface area contributed by atoms with Crippen molar-refractivity contribution in [2.45, 2.75) is 37.4 Å². The average Bonchev–Trinajstić information content (AvgIpc) is 3.53. The molecule has 10 heteroatoms. The fraction of sp³-hybridized carbons (Fsp3) is 0.286.